The number of nitrogen functional groups attached to an aromatic ring is 1. The Morgan fingerprint density at radius 2 is 2.00 bits per heavy atom. The molecule has 0 heterocycles. The van der Waals surface area contributed by atoms with Crippen molar-refractivity contribution >= 4 is 11.4 Å². The van der Waals surface area contributed by atoms with Gasteiger partial charge in [-0.05, 0) is 44.0 Å². The van der Waals surface area contributed by atoms with Crippen LogP contribution in [0.25, 0.3) is 0 Å². The molecule has 0 aliphatic heterocycles. The van der Waals surface area contributed by atoms with Crippen LogP contribution in [0.3, 0.4) is 0 Å². The number of benzene rings is 1. The number of nitrogens with one attached hydrogen (secondary N) is 1. The van der Waals surface area contributed by atoms with Gasteiger partial charge < -0.3 is 11.1 Å². The second-order valence-corrected chi connectivity index (χ2v) is 4.97. The van der Waals surface area contributed by atoms with Gasteiger partial charge in [-0.1, -0.05) is 32.6 Å². The molecule has 1 aromatic rings. The Hall–Kier alpha value is -1.18. The fraction of sp³-hybridized carbons (Fsp3) is 0.600. The molecule has 1 atom stereocenters. The number of aryl methyl sites for hydroxylation is 1. The Morgan fingerprint density at radius 1 is 1.24 bits per heavy atom. The minimum absolute atomic E-state index is 0.537. The van der Waals surface area contributed by atoms with E-state index in [0.717, 1.165) is 11.3 Å². The number of hydrogen-bond acceptors (Lipinski definition) is 2. The zero-order chi connectivity index (χ0) is 12.7. The average Bonchev–Trinajstić information content (AvgIpc) is 2.30. The lowest BCUT2D eigenvalue weighted by molar-refractivity contribution is 0.594. The first-order chi connectivity index (χ1) is 8.13. The fourth-order valence-electron chi connectivity index (χ4n) is 2.00. The van der Waals surface area contributed by atoms with Crippen molar-refractivity contribution in [2.45, 2.75) is 58.9 Å². The molecule has 2 heteroatoms. The van der Waals surface area contributed by atoms with Crippen LogP contribution in [0.15, 0.2) is 18.2 Å². The zero-order valence-corrected chi connectivity index (χ0v) is 11.4. The van der Waals surface area contributed by atoms with E-state index in [-0.39, 0.29) is 0 Å². The molecular formula is C15H26N2. The summed E-state index contributed by atoms with van der Waals surface area (Å²) in [4.78, 5) is 0. The summed E-state index contributed by atoms with van der Waals surface area (Å²) in [5.74, 6) is 0. The van der Waals surface area contributed by atoms with Gasteiger partial charge in [0.2, 0.25) is 0 Å². The minimum Gasteiger partial charge on any atom is -0.399 e. The molecule has 1 unspecified atom stereocenters. The maximum atomic E-state index is 5.81. The Balaban J connectivity index is 2.34. The molecule has 0 bridgehead atoms. The summed E-state index contributed by atoms with van der Waals surface area (Å²) in [5.41, 5.74) is 9.00. The van der Waals surface area contributed by atoms with E-state index in [4.69, 9.17) is 5.73 Å². The highest BCUT2D eigenvalue weighted by Gasteiger charge is 2.02. The van der Waals surface area contributed by atoms with Gasteiger partial charge in [0.25, 0.3) is 0 Å². The van der Waals surface area contributed by atoms with E-state index in [1.54, 1.807) is 0 Å². The first-order valence-electron chi connectivity index (χ1n) is 6.76. The van der Waals surface area contributed by atoms with Gasteiger partial charge in [-0.25, -0.2) is 0 Å². The van der Waals surface area contributed by atoms with E-state index < -0.39 is 0 Å². The Labute approximate surface area is 106 Å². The third kappa shape index (κ3) is 5.12. The lowest BCUT2D eigenvalue weighted by Gasteiger charge is -2.16. The molecule has 0 aliphatic carbocycles. The van der Waals surface area contributed by atoms with E-state index >= 15 is 0 Å². The summed E-state index contributed by atoms with van der Waals surface area (Å²) < 4.78 is 0. The molecule has 0 aliphatic rings. The molecule has 1 aromatic carbocycles. The van der Waals surface area contributed by atoms with Crippen LogP contribution >= 0.6 is 0 Å². The number of hydrogen-bond donors (Lipinski definition) is 2. The molecule has 0 saturated heterocycles. The molecule has 3 N–H and O–H groups in total. The highest BCUT2D eigenvalue weighted by Crippen LogP contribution is 2.18. The minimum atomic E-state index is 0.537. The van der Waals surface area contributed by atoms with Gasteiger partial charge >= 0.3 is 0 Å². The summed E-state index contributed by atoms with van der Waals surface area (Å²) in [6.07, 6.45) is 6.56. The van der Waals surface area contributed by atoms with Gasteiger partial charge in [0.15, 0.2) is 0 Å². The largest absolute Gasteiger partial charge is 0.399 e. The van der Waals surface area contributed by atoms with Crippen LogP contribution in [0.5, 0.6) is 0 Å². The van der Waals surface area contributed by atoms with Crippen molar-refractivity contribution in [1.29, 1.82) is 0 Å². The van der Waals surface area contributed by atoms with Gasteiger partial charge in [0.05, 0.1) is 0 Å². The Bertz CT molecular complexity index is 334. The van der Waals surface area contributed by atoms with E-state index in [1.165, 1.54) is 37.8 Å². The normalized spacial score (nSPS) is 12.4. The number of anilines is 2. The maximum absolute atomic E-state index is 5.81. The summed E-state index contributed by atoms with van der Waals surface area (Å²) in [5, 5.41) is 3.53. The number of rotatable bonds is 7. The molecule has 0 radical (unpaired) electrons. The molecule has 0 spiro atoms. The van der Waals surface area contributed by atoms with Crippen molar-refractivity contribution in [2.24, 2.45) is 0 Å². The second kappa shape index (κ2) is 7.21. The van der Waals surface area contributed by atoms with Crippen LogP contribution in [0.2, 0.25) is 0 Å². The molecule has 0 amide bonds. The van der Waals surface area contributed by atoms with Gasteiger partial charge in [0.1, 0.15) is 0 Å². The Morgan fingerprint density at radius 3 is 2.65 bits per heavy atom. The number of unbranched alkanes of at least 4 members (excludes halogenated alkanes) is 3. The third-order valence-corrected chi connectivity index (χ3v) is 3.17. The third-order valence-electron chi connectivity index (χ3n) is 3.17. The van der Waals surface area contributed by atoms with Crippen LogP contribution in [0.1, 0.15) is 51.5 Å². The topological polar surface area (TPSA) is 38.0 Å². The average molecular weight is 234 g/mol. The lowest BCUT2D eigenvalue weighted by atomic mass is 10.1. The van der Waals surface area contributed by atoms with Crippen LogP contribution < -0.4 is 11.1 Å². The van der Waals surface area contributed by atoms with Crippen molar-refractivity contribution in [3.63, 3.8) is 0 Å². The smallest absolute Gasteiger partial charge is 0.0346 e. The van der Waals surface area contributed by atoms with Crippen molar-refractivity contribution in [3.8, 4) is 0 Å². The quantitative estimate of drug-likeness (QED) is 0.544. The lowest BCUT2D eigenvalue weighted by Crippen LogP contribution is -2.15. The molecule has 2 nitrogen and oxygen atoms in total. The van der Waals surface area contributed by atoms with Crippen LogP contribution in [-0.2, 0) is 0 Å². The number of nitrogens with two attached hydrogens (primary N) is 1. The van der Waals surface area contributed by atoms with Gasteiger partial charge in [-0.3, -0.25) is 0 Å². The van der Waals surface area contributed by atoms with Crippen molar-refractivity contribution in [1.82, 2.24) is 0 Å². The van der Waals surface area contributed by atoms with Crippen molar-refractivity contribution < 1.29 is 0 Å². The summed E-state index contributed by atoms with van der Waals surface area (Å²) in [6, 6.07) is 6.69. The molecule has 0 fully saturated rings. The van der Waals surface area contributed by atoms with E-state index in [1.807, 2.05) is 13.0 Å². The molecule has 1 rings (SSSR count). The van der Waals surface area contributed by atoms with E-state index in [0.29, 0.717) is 6.04 Å². The van der Waals surface area contributed by atoms with E-state index in [2.05, 4.69) is 31.3 Å². The van der Waals surface area contributed by atoms with Gasteiger partial charge in [-0.2, -0.15) is 0 Å². The highest BCUT2D eigenvalue weighted by molar-refractivity contribution is 5.56. The standard InChI is InChI=1S/C15H26N2/c1-4-5-6-7-8-13(3)17-14-9-10-15(16)12(2)11-14/h9-11,13,17H,4-8,16H2,1-3H3. The van der Waals surface area contributed by atoms with Crippen LogP contribution in [-0.4, -0.2) is 6.04 Å². The molecule has 0 aromatic heterocycles. The van der Waals surface area contributed by atoms with Crippen LogP contribution in [0.4, 0.5) is 11.4 Å². The first-order valence-corrected chi connectivity index (χ1v) is 6.76. The monoisotopic (exact) mass is 234 g/mol. The summed E-state index contributed by atoms with van der Waals surface area (Å²) >= 11 is 0. The van der Waals surface area contributed by atoms with Crippen LogP contribution in [0, 0.1) is 6.92 Å². The Kier molecular flexibility index (Phi) is 5.88. The van der Waals surface area contributed by atoms with Crippen molar-refractivity contribution in [2.75, 3.05) is 11.1 Å². The molecule has 0 saturated carbocycles. The van der Waals surface area contributed by atoms with Gasteiger partial charge in [-0.15, -0.1) is 0 Å². The predicted octanol–water partition coefficient (Wildman–Crippen LogP) is 4.35. The SMILES string of the molecule is CCCCCCC(C)Nc1ccc(N)c(C)c1. The highest BCUT2D eigenvalue weighted by atomic mass is 14.9. The van der Waals surface area contributed by atoms with Gasteiger partial charge in [0, 0.05) is 17.4 Å². The molecule has 96 valence electrons. The predicted molar refractivity (Wildman–Crippen MR) is 77.4 cm³/mol. The summed E-state index contributed by atoms with van der Waals surface area (Å²) in [6.45, 7) is 6.54. The summed E-state index contributed by atoms with van der Waals surface area (Å²) in [7, 11) is 0. The second-order valence-electron chi connectivity index (χ2n) is 4.97. The zero-order valence-electron chi connectivity index (χ0n) is 11.4. The van der Waals surface area contributed by atoms with E-state index in [9.17, 15) is 0 Å². The maximum Gasteiger partial charge on any atom is 0.0346 e. The first kappa shape index (κ1) is 13.9. The molecular weight excluding hydrogens is 208 g/mol. The fourth-order valence-corrected chi connectivity index (χ4v) is 2.00. The van der Waals surface area contributed by atoms with Crippen molar-refractivity contribution in [3.05, 3.63) is 23.8 Å². The molecule has 17 heavy (non-hydrogen) atoms.